The molecule has 0 aliphatic heterocycles. The summed E-state index contributed by atoms with van der Waals surface area (Å²) in [6.07, 6.45) is 0. The van der Waals surface area contributed by atoms with Gasteiger partial charge in [0.15, 0.2) is 0 Å². The lowest BCUT2D eigenvalue weighted by atomic mass is 9.80. The zero-order valence-corrected chi connectivity index (χ0v) is 26.0. The molecular formula is C43H29N3O. The van der Waals surface area contributed by atoms with Crippen molar-refractivity contribution in [3.8, 4) is 39.6 Å². The largest absolute Gasteiger partial charge is 0.456 e. The molecule has 6 aromatic carbocycles. The Morgan fingerprint density at radius 2 is 1.23 bits per heavy atom. The van der Waals surface area contributed by atoms with E-state index in [4.69, 9.17) is 14.4 Å². The van der Waals surface area contributed by atoms with Gasteiger partial charge in [-0.15, -0.1) is 0 Å². The Balaban J connectivity index is 1.31. The average Bonchev–Trinajstić information content (AvgIpc) is 3.74. The molecule has 3 aromatic heterocycles. The molecule has 0 atom stereocenters. The van der Waals surface area contributed by atoms with Crippen LogP contribution >= 0.6 is 0 Å². The Bertz CT molecular complexity index is 2710. The van der Waals surface area contributed by atoms with E-state index in [0.29, 0.717) is 5.95 Å². The van der Waals surface area contributed by atoms with E-state index in [1.165, 1.54) is 33.0 Å². The van der Waals surface area contributed by atoms with Crippen molar-refractivity contribution in [2.24, 2.45) is 0 Å². The lowest BCUT2D eigenvalue weighted by molar-refractivity contribution is 0.666. The first kappa shape index (κ1) is 26.2. The molecule has 0 radical (unpaired) electrons. The normalized spacial score (nSPS) is 13.5. The fourth-order valence-corrected chi connectivity index (χ4v) is 7.96. The van der Waals surface area contributed by atoms with Crippen LogP contribution < -0.4 is 0 Å². The van der Waals surface area contributed by atoms with Crippen LogP contribution in [-0.4, -0.2) is 14.5 Å². The van der Waals surface area contributed by atoms with Gasteiger partial charge in [-0.1, -0.05) is 123 Å². The summed E-state index contributed by atoms with van der Waals surface area (Å²) in [5.74, 6) is 0.644. The summed E-state index contributed by atoms with van der Waals surface area (Å²) in [6, 6.07) is 49.0. The standard InChI is InChI=1S/C43H29N3O/c1-43(2)32-19-9-6-15-27(32)28-23-24-36-40(41(28)43)30-16-7-10-20-35(30)46(36)42-44-33(26-13-4-3-5-14-26)25-34(45-42)29-18-12-22-38-39(29)31-17-8-11-21-37(31)47-38/h3-25H,1-2H3. The van der Waals surface area contributed by atoms with E-state index in [0.717, 1.165) is 55.5 Å². The van der Waals surface area contributed by atoms with Crippen molar-refractivity contribution in [3.63, 3.8) is 0 Å². The molecule has 9 aromatic rings. The number of para-hydroxylation sites is 2. The molecule has 4 nitrogen and oxygen atoms in total. The molecule has 10 rings (SSSR count). The van der Waals surface area contributed by atoms with Gasteiger partial charge < -0.3 is 4.42 Å². The van der Waals surface area contributed by atoms with Gasteiger partial charge in [-0.05, 0) is 52.6 Å². The first-order chi connectivity index (χ1) is 23.1. The lowest BCUT2D eigenvalue weighted by Gasteiger charge is -2.22. The Kier molecular flexibility index (Phi) is 5.31. The quantitative estimate of drug-likeness (QED) is 0.202. The number of hydrogen-bond donors (Lipinski definition) is 0. The highest BCUT2D eigenvalue weighted by molar-refractivity contribution is 6.15. The molecule has 0 unspecified atom stereocenters. The summed E-state index contributed by atoms with van der Waals surface area (Å²) in [5.41, 5.74) is 12.9. The van der Waals surface area contributed by atoms with Crippen LogP contribution in [0.5, 0.6) is 0 Å². The van der Waals surface area contributed by atoms with Gasteiger partial charge >= 0.3 is 0 Å². The predicted molar refractivity (Wildman–Crippen MR) is 192 cm³/mol. The van der Waals surface area contributed by atoms with Gasteiger partial charge in [0.2, 0.25) is 5.95 Å². The van der Waals surface area contributed by atoms with E-state index in [9.17, 15) is 0 Å². The minimum Gasteiger partial charge on any atom is -0.456 e. The zero-order valence-electron chi connectivity index (χ0n) is 26.0. The summed E-state index contributed by atoms with van der Waals surface area (Å²) >= 11 is 0. The molecule has 0 saturated heterocycles. The van der Waals surface area contributed by atoms with Crippen molar-refractivity contribution in [2.75, 3.05) is 0 Å². The van der Waals surface area contributed by atoms with Gasteiger partial charge in [-0.2, -0.15) is 0 Å². The molecule has 3 heterocycles. The predicted octanol–water partition coefficient (Wildman–Crippen LogP) is 11.1. The Morgan fingerprint density at radius 3 is 2.13 bits per heavy atom. The molecule has 0 amide bonds. The maximum absolute atomic E-state index is 6.29. The van der Waals surface area contributed by atoms with Gasteiger partial charge in [0, 0.05) is 38.1 Å². The monoisotopic (exact) mass is 603 g/mol. The molecule has 1 aliphatic carbocycles. The van der Waals surface area contributed by atoms with E-state index >= 15 is 0 Å². The maximum Gasteiger partial charge on any atom is 0.235 e. The number of hydrogen-bond acceptors (Lipinski definition) is 3. The van der Waals surface area contributed by atoms with E-state index < -0.39 is 0 Å². The highest BCUT2D eigenvalue weighted by Gasteiger charge is 2.38. The van der Waals surface area contributed by atoms with Crippen LogP contribution in [0, 0.1) is 0 Å². The summed E-state index contributed by atoms with van der Waals surface area (Å²) in [5, 5.41) is 4.61. The number of aromatic nitrogens is 3. The second-order valence-corrected chi connectivity index (χ2v) is 13.0. The Morgan fingerprint density at radius 1 is 0.532 bits per heavy atom. The number of rotatable bonds is 3. The molecule has 0 saturated carbocycles. The first-order valence-electron chi connectivity index (χ1n) is 16.1. The average molecular weight is 604 g/mol. The number of fused-ring (bicyclic) bond motifs is 10. The van der Waals surface area contributed by atoms with Crippen molar-refractivity contribution < 1.29 is 4.42 Å². The van der Waals surface area contributed by atoms with E-state index in [2.05, 4.69) is 128 Å². The fourth-order valence-electron chi connectivity index (χ4n) is 7.96. The van der Waals surface area contributed by atoms with Crippen LogP contribution in [0.3, 0.4) is 0 Å². The van der Waals surface area contributed by atoms with Gasteiger partial charge in [-0.3, -0.25) is 4.57 Å². The zero-order chi connectivity index (χ0) is 31.3. The second kappa shape index (κ2) is 9.51. The highest BCUT2D eigenvalue weighted by atomic mass is 16.3. The molecule has 222 valence electrons. The van der Waals surface area contributed by atoms with Gasteiger partial charge in [0.1, 0.15) is 11.2 Å². The Labute approximate surface area is 271 Å². The van der Waals surface area contributed by atoms with Gasteiger partial charge in [-0.25, -0.2) is 9.97 Å². The van der Waals surface area contributed by atoms with Crippen LogP contribution in [0.2, 0.25) is 0 Å². The molecule has 0 fully saturated rings. The highest BCUT2D eigenvalue weighted by Crippen LogP contribution is 2.53. The summed E-state index contributed by atoms with van der Waals surface area (Å²) < 4.78 is 8.54. The molecule has 0 N–H and O–H groups in total. The van der Waals surface area contributed by atoms with Crippen molar-refractivity contribution in [1.29, 1.82) is 0 Å². The van der Waals surface area contributed by atoms with Crippen molar-refractivity contribution >= 4 is 43.7 Å². The Hall–Kier alpha value is -6.00. The third kappa shape index (κ3) is 3.64. The lowest BCUT2D eigenvalue weighted by Crippen LogP contribution is -2.15. The van der Waals surface area contributed by atoms with Crippen LogP contribution in [0.25, 0.3) is 83.3 Å². The molecular weight excluding hydrogens is 574 g/mol. The van der Waals surface area contributed by atoms with Crippen molar-refractivity contribution in [2.45, 2.75) is 19.3 Å². The number of benzene rings is 6. The van der Waals surface area contributed by atoms with Crippen LogP contribution in [0.15, 0.2) is 144 Å². The molecule has 4 heteroatoms. The third-order valence-corrected chi connectivity index (χ3v) is 10.0. The van der Waals surface area contributed by atoms with E-state index in [1.54, 1.807) is 0 Å². The molecule has 47 heavy (non-hydrogen) atoms. The number of furan rings is 1. The second-order valence-electron chi connectivity index (χ2n) is 13.0. The van der Waals surface area contributed by atoms with Gasteiger partial charge in [0.05, 0.1) is 22.4 Å². The third-order valence-electron chi connectivity index (χ3n) is 10.0. The van der Waals surface area contributed by atoms with Crippen molar-refractivity contribution in [1.82, 2.24) is 14.5 Å². The fraction of sp³-hybridized carbons (Fsp3) is 0.0698. The van der Waals surface area contributed by atoms with Gasteiger partial charge in [0.25, 0.3) is 0 Å². The molecule has 0 bridgehead atoms. The smallest absolute Gasteiger partial charge is 0.235 e. The topological polar surface area (TPSA) is 43.9 Å². The van der Waals surface area contributed by atoms with Crippen LogP contribution in [-0.2, 0) is 5.41 Å². The molecule has 0 spiro atoms. The summed E-state index contributed by atoms with van der Waals surface area (Å²) in [6.45, 7) is 4.70. The summed E-state index contributed by atoms with van der Waals surface area (Å²) in [7, 11) is 0. The SMILES string of the molecule is CC1(C)c2ccccc2-c2ccc3c(c21)c1ccccc1n3-c1nc(-c2ccccc2)cc(-c2cccc3oc4ccccc4c23)n1. The van der Waals surface area contributed by atoms with Crippen LogP contribution in [0.1, 0.15) is 25.0 Å². The summed E-state index contributed by atoms with van der Waals surface area (Å²) in [4.78, 5) is 10.7. The minimum atomic E-state index is -0.156. The van der Waals surface area contributed by atoms with E-state index in [1.807, 2.05) is 30.3 Å². The molecule has 1 aliphatic rings. The van der Waals surface area contributed by atoms with E-state index in [-0.39, 0.29) is 5.41 Å². The number of nitrogens with zero attached hydrogens (tertiary/aromatic N) is 3. The minimum absolute atomic E-state index is 0.156. The van der Waals surface area contributed by atoms with Crippen molar-refractivity contribution in [3.05, 3.63) is 151 Å². The first-order valence-corrected chi connectivity index (χ1v) is 16.1. The maximum atomic E-state index is 6.29. The van der Waals surface area contributed by atoms with Crippen LogP contribution in [0.4, 0.5) is 0 Å².